The molecule has 8 nitrogen and oxygen atoms in total. The highest BCUT2D eigenvalue weighted by molar-refractivity contribution is 7.89. The molecule has 0 saturated carbocycles. The van der Waals surface area contributed by atoms with Gasteiger partial charge in [-0.1, -0.05) is 5.16 Å². The van der Waals surface area contributed by atoms with Crippen LogP contribution in [-0.4, -0.2) is 72.4 Å². The minimum Gasteiger partial charge on any atom is -0.360 e. The van der Waals surface area contributed by atoms with Crippen molar-refractivity contribution >= 4 is 27.3 Å². The van der Waals surface area contributed by atoms with Gasteiger partial charge < -0.3 is 9.42 Å². The summed E-state index contributed by atoms with van der Waals surface area (Å²) < 4.78 is 32.3. The molecule has 0 unspecified atom stereocenters. The van der Waals surface area contributed by atoms with Crippen molar-refractivity contribution in [1.82, 2.24) is 19.3 Å². The van der Waals surface area contributed by atoms with Crippen LogP contribution in [0.1, 0.15) is 35.1 Å². The number of carbonyl (C=O) groups excluding carboxylic acids is 1. The van der Waals surface area contributed by atoms with Crippen LogP contribution in [0.5, 0.6) is 0 Å². The molecule has 0 aromatic carbocycles. The second-order valence-corrected chi connectivity index (χ2v) is 11.2. The van der Waals surface area contributed by atoms with E-state index in [1.54, 1.807) is 30.1 Å². The Morgan fingerprint density at radius 2 is 1.87 bits per heavy atom. The molecule has 2 aromatic heterocycles. The van der Waals surface area contributed by atoms with Crippen LogP contribution in [0.4, 0.5) is 0 Å². The van der Waals surface area contributed by atoms with E-state index < -0.39 is 10.0 Å². The molecule has 1 aliphatic rings. The molecule has 1 aliphatic heterocycles. The largest absolute Gasteiger partial charge is 0.360 e. The average Bonchev–Trinajstić information content (AvgIpc) is 3.25. The third-order valence-electron chi connectivity index (χ3n) is 5.38. The smallest absolute Gasteiger partial charge is 0.248 e. The van der Waals surface area contributed by atoms with Crippen molar-refractivity contribution in [3.8, 4) is 0 Å². The minimum absolute atomic E-state index is 0.0337. The molecule has 1 amide bonds. The summed E-state index contributed by atoms with van der Waals surface area (Å²) in [6.07, 6.45) is 0. The Morgan fingerprint density at radius 3 is 2.37 bits per heavy atom. The van der Waals surface area contributed by atoms with Gasteiger partial charge in [0.15, 0.2) is 5.76 Å². The number of piperazine rings is 1. The minimum atomic E-state index is -3.67. The number of rotatable bonds is 7. The van der Waals surface area contributed by atoms with Gasteiger partial charge in [-0.2, -0.15) is 4.31 Å². The summed E-state index contributed by atoms with van der Waals surface area (Å²) in [6.45, 7) is 11.8. The van der Waals surface area contributed by atoms with Gasteiger partial charge in [0.2, 0.25) is 15.9 Å². The average molecular weight is 455 g/mol. The van der Waals surface area contributed by atoms with E-state index in [0.717, 1.165) is 6.54 Å². The molecule has 3 rings (SSSR count). The maximum Gasteiger partial charge on any atom is 0.248 e. The highest BCUT2D eigenvalue weighted by Crippen LogP contribution is 2.24. The maximum absolute atomic E-state index is 13.0. The summed E-state index contributed by atoms with van der Waals surface area (Å²) in [5, 5.41) is 3.76. The number of aryl methyl sites for hydroxylation is 3. The van der Waals surface area contributed by atoms with E-state index in [2.05, 4.69) is 43.0 Å². The third-order valence-corrected chi connectivity index (χ3v) is 8.51. The molecule has 0 aliphatic carbocycles. The summed E-state index contributed by atoms with van der Waals surface area (Å²) in [5.41, 5.74) is 0.363. The van der Waals surface area contributed by atoms with Gasteiger partial charge >= 0.3 is 0 Å². The van der Waals surface area contributed by atoms with Crippen molar-refractivity contribution in [3.63, 3.8) is 0 Å². The highest BCUT2D eigenvalue weighted by Gasteiger charge is 2.34. The van der Waals surface area contributed by atoms with Crippen LogP contribution in [0.25, 0.3) is 0 Å². The van der Waals surface area contributed by atoms with Gasteiger partial charge in [-0.25, -0.2) is 8.42 Å². The van der Waals surface area contributed by atoms with Gasteiger partial charge in [-0.3, -0.25) is 9.69 Å². The van der Waals surface area contributed by atoms with Crippen molar-refractivity contribution in [1.29, 1.82) is 0 Å². The monoisotopic (exact) mass is 454 g/mol. The van der Waals surface area contributed by atoms with Crippen molar-refractivity contribution in [2.24, 2.45) is 0 Å². The lowest BCUT2D eigenvalue weighted by Gasteiger charge is -2.35. The van der Waals surface area contributed by atoms with Crippen LogP contribution in [-0.2, 0) is 21.4 Å². The molecule has 0 atom stereocenters. The second-order valence-electron chi connectivity index (χ2n) is 7.95. The Balaban J connectivity index is 1.60. The van der Waals surface area contributed by atoms with E-state index in [9.17, 15) is 13.2 Å². The first kappa shape index (κ1) is 22.9. The first-order chi connectivity index (χ1) is 14.1. The number of aromatic nitrogens is 1. The van der Waals surface area contributed by atoms with Gasteiger partial charge in [0.05, 0.1) is 6.54 Å². The number of hydrogen-bond donors (Lipinski definition) is 0. The summed E-state index contributed by atoms with van der Waals surface area (Å²) in [6, 6.07) is 4.44. The van der Waals surface area contributed by atoms with Gasteiger partial charge in [-0.05, 0) is 46.8 Å². The first-order valence-electron chi connectivity index (χ1n) is 10.1. The fourth-order valence-electron chi connectivity index (χ4n) is 3.61. The first-order valence-corrected chi connectivity index (χ1v) is 12.4. The van der Waals surface area contributed by atoms with E-state index in [-0.39, 0.29) is 29.9 Å². The van der Waals surface area contributed by atoms with E-state index in [1.807, 2.05) is 0 Å². The Hall–Kier alpha value is -1.75. The van der Waals surface area contributed by atoms with Crippen molar-refractivity contribution in [3.05, 3.63) is 33.3 Å². The zero-order chi connectivity index (χ0) is 22.1. The van der Waals surface area contributed by atoms with Crippen LogP contribution in [0.3, 0.4) is 0 Å². The van der Waals surface area contributed by atoms with E-state index in [4.69, 9.17) is 4.52 Å². The normalized spacial score (nSPS) is 16.0. The molecule has 0 spiro atoms. The number of amides is 1. The van der Waals surface area contributed by atoms with Crippen molar-refractivity contribution in [2.45, 2.75) is 52.1 Å². The zero-order valence-electron chi connectivity index (χ0n) is 18.2. The van der Waals surface area contributed by atoms with Crippen LogP contribution < -0.4 is 0 Å². The topological polar surface area (TPSA) is 87.0 Å². The van der Waals surface area contributed by atoms with Crippen molar-refractivity contribution in [2.75, 3.05) is 32.7 Å². The van der Waals surface area contributed by atoms with Crippen LogP contribution in [0.15, 0.2) is 21.6 Å². The molecule has 3 heterocycles. The summed E-state index contributed by atoms with van der Waals surface area (Å²) in [7, 11) is -3.67. The molecule has 2 aromatic rings. The Bertz CT molecular complexity index is 969. The third kappa shape index (κ3) is 4.93. The molecule has 0 radical (unpaired) electrons. The van der Waals surface area contributed by atoms with Gasteiger partial charge in [-0.15, -0.1) is 11.3 Å². The van der Waals surface area contributed by atoms with Crippen LogP contribution >= 0.6 is 11.3 Å². The molecule has 10 heteroatoms. The molecule has 0 N–H and O–H groups in total. The lowest BCUT2D eigenvalue weighted by molar-refractivity contribution is -0.134. The van der Waals surface area contributed by atoms with E-state index >= 15 is 0 Å². The van der Waals surface area contributed by atoms with Gasteiger partial charge in [0.1, 0.15) is 10.6 Å². The fourth-order valence-corrected chi connectivity index (χ4v) is 6.24. The van der Waals surface area contributed by atoms with Crippen LogP contribution in [0.2, 0.25) is 0 Å². The number of sulfonamides is 1. The number of carbonyl (C=O) groups is 1. The number of nitrogens with zero attached hydrogens (tertiary/aromatic N) is 4. The lowest BCUT2D eigenvalue weighted by atomic mass is 10.2. The summed E-state index contributed by atoms with van der Waals surface area (Å²) in [5.74, 6) is 0.328. The molecular formula is C20H30N4O4S2. The molecule has 0 bridgehead atoms. The van der Waals surface area contributed by atoms with E-state index in [0.29, 0.717) is 31.1 Å². The van der Waals surface area contributed by atoms with Crippen molar-refractivity contribution < 1.29 is 17.7 Å². The molecule has 1 saturated heterocycles. The molecule has 166 valence electrons. The standard InChI is InChI=1S/C20H30N4O4S2/c1-14(2)23(12-18-7-6-15(3)29-18)13-19(25)22-8-10-24(11-9-22)30(26,27)20-16(4)21-28-17(20)5/h6-7,14H,8-13H2,1-5H3. The molecular weight excluding hydrogens is 424 g/mol. The quantitative estimate of drug-likeness (QED) is 0.639. The van der Waals surface area contributed by atoms with Crippen LogP contribution in [0, 0.1) is 20.8 Å². The SMILES string of the molecule is Cc1ccc(CN(CC(=O)N2CCN(S(=O)(=O)c3c(C)noc3C)CC2)C(C)C)s1. The summed E-state index contributed by atoms with van der Waals surface area (Å²) in [4.78, 5) is 19.4. The maximum atomic E-state index is 13.0. The predicted molar refractivity (Wildman–Crippen MR) is 116 cm³/mol. The molecule has 30 heavy (non-hydrogen) atoms. The zero-order valence-corrected chi connectivity index (χ0v) is 19.8. The Morgan fingerprint density at radius 1 is 1.20 bits per heavy atom. The number of thiophene rings is 1. The van der Waals surface area contributed by atoms with Gasteiger partial charge in [0, 0.05) is 48.5 Å². The fraction of sp³-hybridized carbons (Fsp3) is 0.600. The molecule has 1 fully saturated rings. The lowest BCUT2D eigenvalue weighted by Crippen LogP contribution is -2.53. The predicted octanol–water partition coefficient (Wildman–Crippen LogP) is 2.40. The number of hydrogen-bond acceptors (Lipinski definition) is 7. The van der Waals surface area contributed by atoms with E-state index in [1.165, 1.54) is 14.1 Å². The second kappa shape index (κ2) is 9.17. The summed E-state index contributed by atoms with van der Waals surface area (Å²) >= 11 is 1.75. The Labute approximate surface area is 182 Å². The Kier molecular flexibility index (Phi) is 7.01. The highest BCUT2D eigenvalue weighted by atomic mass is 32.2. The van der Waals surface area contributed by atoms with Gasteiger partial charge in [0.25, 0.3) is 0 Å².